The molecule has 1 saturated heterocycles. The first-order chi connectivity index (χ1) is 20.5. The predicted molar refractivity (Wildman–Crippen MR) is 166 cm³/mol. The molecule has 1 unspecified atom stereocenters. The molecule has 0 aliphatic carbocycles. The molecule has 1 aliphatic heterocycles. The maximum Gasteiger partial charge on any atom is 0.254 e. The molecule has 5 rings (SSSR count). The number of rotatable bonds is 11. The maximum atomic E-state index is 13.4. The lowest BCUT2D eigenvalue weighted by Crippen LogP contribution is -2.41. The van der Waals surface area contributed by atoms with Crippen LogP contribution in [-0.2, 0) is 13.1 Å². The van der Waals surface area contributed by atoms with Crippen LogP contribution in [0.25, 0.3) is 10.8 Å². The highest BCUT2D eigenvalue weighted by atomic mass is 16.5. The first-order valence-corrected chi connectivity index (χ1v) is 14.4. The fourth-order valence-electron chi connectivity index (χ4n) is 5.77. The Bertz CT molecular complexity index is 1470. The Hall–Kier alpha value is -4.23. The largest absolute Gasteiger partial charge is 0.493 e. The molecule has 1 atom stereocenters. The van der Waals surface area contributed by atoms with E-state index in [1.54, 1.807) is 33.5 Å². The molecule has 4 aromatic carbocycles. The van der Waals surface area contributed by atoms with E-state index in [0.29, 0.717) is 42.5 Å². The van der Waals surface area contributed by atoms with Gasteiger partial charge in [0.15, 0.2) is 11.5 Å². The number of ether oxygens (including phenoxy) is 4. The number of carbonyl (C=O) groups is 1. The van der Waals surface area contributed by atoms with E-state index in [1.165, 1.54) is 21.9 Å². The molecule has 1 aliphatic rings. The first kappa shape index (κ1) is 29.3. The molecule has 220 valence electrons. The van der Waals surface area contributed by atoms with E-state index in [2.05, 4.69) is 66.5 Å². The summed E-state index contributed by atoms with van der Waals surface area (Å²) in [7, 11) is 6.81. The normalized spacial score (nSPS) is 15.1. The molecule has 0 spiro atoms. The van der Waals surface area contributed by atoms with Crippen LogP contribution in [0.5, 0.6) is 23.0 Å². The van der Waals surface area contributed by atoms with E-state index < -0.39 is 0 Å². The van der Waals surface area contributed by atoms with Gasteiger partial charge in [0.25, 0.3) is 5.91 Å². The summed E-state index contributed by atoms with van der Waals surface area (Å²) in [6, 6.07) is 26.8. The van der Waals surface area contributed by atoms with Crippen LogP contribution in [0.3, 0.4) is 0 Å². The highest BCUT2D eigenvalue weighted by Gasteiger charge is 2.27. The SMILES string of the molecule is COc1cc(C(=O)N2CCCC(COc3ccc(CN(C)Cc4cccc5ccccc45)cc3)C2)cc(OC)c1OC. The highest BCUT2D eigenvalue weighted by Crippen LogP contribution is 2.38. The van der Waals surface area contributed by atoms with Gasteiger partial charge in [-0.25, -0.2) is 0 Å². The van der Waals surface area contributed by atoms with Crippen molar-refractivity contribution in [2.75, 3.05) is 48.1 Å². The van der Waals surface area contributed by atoms with Crippen molar-refractivity contribution in [1.82, 2.24) is 9.80 Å². The summed E-state index contributed by atoms with van der Waals surface area (Å²) in [5.74, 6) is 2.49. The maximum absolute atomic E-state index is 13.4. The van der Waals surface area contributed by atoms with E-state index in [9.17, 15) is 4.79 Å². The monoisotopic (exact) mass is 568 g/mol. The Balaban J connectivity index is 1.14. The van der Waals surface area contributed by atoms with E-state index in [1.807, 2.05) is 17.0 Å². The number of fused-ring (bicyclic) bond motifs is 1. The van der Waals surface area contributed by atoms with Gasteiger partial charge in [-0.15, -0.1) is 0 Å². The molecule has 0 saturated carbocycles. The minimum Gasteiger partial charge on any atom is -0.493 e. The van der Waals surface area contributed by atoms with Gasteiger partial charge in [-0.3, -0.25) is 9.69 Å². The molecule has 4 aromatic rings. The third-order valence-electron chi connectivity index (χ3n) is 7.90. The topological polar surface area (TPSA) is 60.5 Å². The van der Waals surface area contributed by atoms with Gasteiger partial charge in [0, 0.05) is 37.7 Å². The second-order valence-corrected chi connectivity index (χ2v) is 10.9. The number of methoxy groups -OCH3 is 3. The second kappa shape index (κ2) is 13.6. The van der Waals surface area contributed by atoms with Crippen LogP contribution < -0.4 is 18.9 Å². The minimum absolute atomic E-state index is 0.0454. The fraction of sp³-hybridized carbons (Fsp3) is 0.343. The summed E-state index contributed by atoms with van der Waals surface area (Å²) < 4.78 is 22.5. The average Bonchev–Trinajstić information content (AvgIpc) is 3.03. The molecule has 42 heavy (non-hydrogen) atoms. The van der Waals surface area contributed by atoms with Gasteiger partial charge >= 0.3 is 0 Å². The van der Waals surface area contributed by atoms with Crippen LogP contribution in [0, 0.1) is 5.92 Å². The lowest BCUT2D eigenvalue weighted by atomic mass is 9.98. The lowest BCUT2D eigenvalue weighted by Gasteiger charge is -2.33. The van der Waals surface area contributed by atoms with Crippen molar-refractivity contribution >= 4 is 16.7 Å². The number of piperidine rings is 1. The van der Waals surface area contributed by atoms with E-state index >= 15 is 0 Å². The smallest absolute Gasteiger partial charge is 0.254 e. The van der Waals surface area contributed by atoms with E-state index in [4.69, 9.17) is 18.9 Å². The lowest BCUT2D eigenvalue weighted by molar-refractivity contribution is 0.0632. The molecule has 0 bridgehead atoms. The van der Waals surface area contributed by atoms with Crippen LogP contribution in [0.1, 0.15) is 34.3 Å². The van der Waals surface area contributed by atoms with Gasteiger partial charge in [0.05, 0.1) is 27.9 Å². The van der Waals surface area contributed by atoms with Gasteiger partial charge in [0.1, 0.15) is 5.75 Å². The first-order valence-electron chi connectivity index (χ1n) is 14.4. The fourth-order valence-corrected chi connectivity index (χ4v) is 5.77. The second-order valence-electron chi connectivity index (χ2n) is 10.9. The zero-order valence-electron chi connectivity index (χ0n) is 25.0. The Kier molecular flexibility index (Phi) is 9.49. The molecular weight excluding hydrogens is 528 g/mol. The van der Waals surface area contributed by atoms with Crippen LogP contribution in [0.4, 0.5) is 0 Å². The molecule has 1 amide bonds. The van der Waals surface area contributed by atoms with Gasteiger partial charge in [-0.1, -0.05) is 54.6 Å². The summed E-state index contributed by atoms with van der Waals surface area (Å²) in [6.45, 7) is 3.66. The van der Waals surface area contributed by atoms with Crippen LogP contribution >= 0.6 is 0 Å². The van der Waals surface area contributed by atoms with Crippen molar-refractivity contribution in [2.24, 2.45) is 5.92 Å². The van der Waals surface area contributed by atoms with Crippen molar-refractivity contribution in [1.29, 1.82) is 0 Å². The average molecular weight is 569 g/mol. The third-order valence-corrected chi connectivity index (χ3v) is 7.90. The zero-order chi connectivity index (χ0) is 29.5. The number of hydrogen-bond donors (Lipinski definition) is 0. The van der Waals surface area contributed by atoms with Crippen molar-refractivity contribution in [3.8, 4) is 23.0 Å². The summed E-state index contributed by atoms with van der Waals surface area (Å²) in [5.41, 5.74) is 3.10. The van der Waals surface area contributed by atoms with E-state index in [0.717, 1.165) is 31.7 Å². The van der Waals surface area contributed by atoms with Crippen LogP contribution in [0.15, 0.2) is 78.9 Å². The van der Waals surface area contributed by atoms with Crippen molar-refractivity contribution < 1.29 is 23.7 Å². The summed E-state index contributed by atoms with van der Waals surface area (Å²) in [4.78, 5) is 17.6. The summed E-state index contributed by atoms with van der Waals surface area (Å²) in [5, 5.41) is 2.58. The third kappa shape index (κ3) is 6.80. The molecule has 0 aromatic heterocycles. The Morgan fingerprint density at radius 1 is 0.881 bits per heavy atom. The Labute approximate surface area is 248 Å². The number of amides is 1. The van der Waals surface area contributed by atoms with Gasteiger partial charge < -0.3 is 23.8 Å². The zero-order valence-corrected chi connectivity index (χ0v) is 25.0. The van der Waals surface area contributed by atoms with E-state index in [-0.39, 0.29) is 11.8 Å². The molecule has 1 heterocycles. The van der Waals surface area contributed by atoms with Crippen molar-refractivity contribution in [3.05, 3.63) is 95.6 Å². The minimum atomic E-state index is -0.0454. The molecule has 0 radical (unpaired) electrons. The quantitative estimate of drug-likeness (QED) is 0.208. The Morgan fingerprint density at radius 2 is 1.60 bits per heavy atom. The number of nitrogens with zero attached hydrogens (tertiary/aromatic N) is 2. The van der Waals surface area contributed by atoms with Gasteiger partial charge in [0.2, 0.25) is 5.75 Å². The standard InChI is InChI=1S/C35H40N2O5/c1-36(23-28-12-7-11-27-10-5-6-13-31(27)28)21-25-14-16-30(17-15-25)42-24-26-9-8-18-37(22-26)35(38)29-19-32(39-2)34(41-4)33(20-29)40-3/h5-7,10-17,19-20,26H,8-9,18,21-24H2,1-4H3. The predicted octanol–water partition coefficient (Wildman–Crippen LogP) is 6.43. The Morgan fingerprint density at radius 3 is 2.31 bits per heavy atom. The molecular formula is C35H40N2O5. The molecule has 1 fully saturated rings. The van der Waals surface area contributed by atoms with Crippen molar-refractivity contribution in [2.45, 2.75) is 25.9 Å². The number of likely N-dealkylation sites (tertiary alicyclic amines) is 1. The number of benzene rings is 4. The molecule has 0 N–H and O–H groups in total. The summed E-state index contributed by atoms with van der Waals surface area (Å²) in [6.07, 6.45) is 1.96. The number of carbonyl (C=O) groups excluding carboxylic acids is 1. The molecule has 7 heteroatoms. The summed E-state index contributed by atoms with van der Waals surface area (Å²) >= 11 is 0. The molecule has 7 nitrogen and oxygen atoms in total. The highest BCUT2D eigenvalue weighted by molar-refractivity contribution is 5.95. The van der Waals surface area contributed by atoms with Crippen LogP contribution in [-0.4, -0.2) is 63.8 Å². The number of hydrogen-bond acceptors (Lipinski definition) is 6. The van der Waals surface area contributed by atoms with Gasteiger partial charge in [-0.2, -0.15) is 0 Å². The van der Waals surface area contributed by atoms with Crippen molar-refractivity contribution in [3.63, 3.8) is 0 Å². The van der Waals surface area contributed by atoms with Gasteiger partial charge in [-0.05, 0) is 66.1 Å². The van der Waals surface area contributed by atoms with Crippen LogP contribution in [0.2, 0.25) is 0 Å².